The van der Waals surface area contributed by atoms with Crippen molar-refractivity contribution in [1.29, 1.82) is 0 Å². The number of hydrogen-bond acceptors (Lipinski definition) is 5. The second kappa shape index (κ2) is 8.97. The van der Waals surface area contributed by atoms with Crippen LogP contribution in [0.4, 0.5) is 18.9 Å². The van der Waals surface area contributed by atoms with Gasteiger partial charge in [-0.15, -0.1) is 0 Å². The van der Waals surface area contributed by atoms with Gasteiger partial charge in [-0.2, -0.15) is 22.6 Å². The molecular formula is C19H23F3N4O4S. The van der Waals surface area contributed by atoms with Crippen molar-refractivity contribution in [3.8, 4) is 0 Å². The minimum absolute atomic E-state index is 0.0633. The van der Waals surface area contributed by atoms with Crippen LogP contribution >= 0.6 is 0 Å². The first kappa shape index (κ1) is 23.2. The number of alkyl halides is 3. The van der Waals surface area contributed by atoms with Gasteiger partial charge in [0.15, 0.2) is 5.69 Å². The Morgan fingerprint density at radius 2 is 1.94 bits per heavy atom. The highest BCUT2D eigenvalue weighted by atomic mass is 32.2. The lowest BCUT2D eigenvalue weighted by atomic mass is 10.1. The van der Waals surface area contributed by atoms with Crippen molar-refractivity contribution in [2.75, 3.05) is 25.6 Å². The fourth-order valence-corrected chi connectivity index (χ4v) is 5.19. The predicted octanol–water partition coefficient (Wildman–Crippen LogP) is 2.88. The lowest BCUT2D eigenvalue weighted by Gasteiger charge is -2.34. The van der Waals surface area contributed by atoms with E-state index < -0.39 is 27.8 Å². The average molecular weight is 460 g/mol. The Balaban J connectivity index is 1.75. The summed E-state index contributed by atoms with van der Waals surface area (Å²) in [5, 5.41) is 5.76. The average Bonchev–Trinajstić information content (AvgIpc) is 3.11. The zero-order chi connectivity index (χ0) is 22.8. The van der Waals surface area contributed by atoms with Gasteiger partial charge < -0.3 is 10.1 Å². The van der Waals surface area contributed by atoms with E-state index in [1.807, 2.05) is 0 Å². The first-order chi connectivity index (χ1) is 14.5. The molecule has 1 saturated heterocycles. The number of benzene rings is 1. The molecule has 1 atom stereocenters. The Labute approximate surface area is 178 Å². The third kappa shape index (κ3) is 5.08. The number of aromatic nitrogens is 2. The number of rotatable bonds is 6. The van der Waals surface area contributed by atoms with Gasteiger partial charge in [0, 0.05) is 38.5 Å². The molecule has 0 saturated carbocycles. The summed E-state index contributed by atoms with van der Waals surface area (Å²) in [4.78, 5) is 12.4. The van der Waals surface area contributed by atoms with Gasteiger partial charge in [0.2, 0.25) is 10.0 Å². The molecule has 0 radical (unpaired) electrons. The van der Waals surface area contributed by atoms with Crippen LogP contribution in [0.3, 0.4) is 0 Å². The summed E-state index contributed by atoms with van der Waals surface area (Å²) in [5.74, 6) is -0.794. The Bertz CT molecular complexity index is 1030. The largest absolute Gasteiger partial charge is 0.435 e. The number of amides is 1. The summed E-state index contributed by atoms with van der Waals surface area (Å²) >= 11 is 0. The number of anilines is 1. The van der Waals surface area contributed by atoms with Gasteiger partial charge in [-0.05, 0) is 37.1 Å². The van der Waals surface area contributed by atoms with E-state index in [2.05, 4.69) is 10.4 Å². The molecule has 1 fully saturated rings. The van der Waals surface area contributed by atoms with E-state index in [0.29, 0.717) is 25.6 Å². The maximum absolute atomic E-state index is 13.0. The third-order valence-electron chi connectivity index (χ3n) is 5.05. The lowest BCUT2D eigenvalue weighted by molar-refractivity contribution is -0.141. The summed E-state index contributed by atoms with van der Waals surface area (Å²) in [6.07, 6.45) is -2.26. The molecule has 2 heterocycles. The van der Waals surface area contributed by atoms with E-state index in [1.165, 1.54) is 42.7 Å². The van der Waals surface area contributed by atoms with Crippen LogP contribution in [0.5, 0.6) is 0 Å². The smallest absolute Gasteiger partial charge is 0.383 e. The van der Waals surface area contributed by atoms with E-state index in [0.717, 1.165) is 17.5 Å². The molecule has 8 nitrogen and oxygen atoms in total. The number of halogens is 3. The van der Waals surface area contributed by atoms with Gasteiger partial charge in [0.25, 0.3) is 5.91 Å². The van der Waals surface area contributed by atoms with Crippen molar-refractivity contribution < 1.29 is 31.1 Å². The molecular weight excluding hydrogens is 437 g/mol. The van der Waals surface area contributed by atoms with Crippen molar-refractivity contribution in [2.24, 2.45) is 7.05 Å². The van der Waals surface area contributed by atoms with Crippen LogP contribution in [-0.4, -0.2) is 54.7 Å². The van der Waals surface area contributed by atoms with Crippen LogP contribution in [0.1, 0.15) is 35.4 Å². The van der Waals surface area contributed by atoms with Crippen LogP contribution in [0, 0.1) is 0 Å². The maximum atomic E-state index is 13.0. The highest BCUT2D eigenvalue weighted by Gasteiger charge is 2.36. The number of nitrogens with one attached hydrogen (secondary N) is 1. The molecule has 1 amide bonds. The zero-order valence-electron chi connectivity index (χ0n) is 17.0. The van der Waals surface area contributed by atoms with Gasteiger partial charge in [-0.3, -0.25) is 9.48 Å². The van der Waals surface area contributed by atoms with Crippen molar-refractivity contribution in [3.05, 3.63) is 41.7 Å². The Hall–Kier alpha value is -2.44. The number of aryl methyl sites for hydroxylation is 1. The number of carbonyl (C=O) groups is 1. The zero-order valence-corrected chi connectivity index (χ0v) is 17.8. The van der Waals surface area contributed by atoms with Crippen LogP contribution in [0.25, 0.3) is 0 Å². The number of ether oxygens (including phenoxy) is 1. The molecule has 3 rings (SSSR count). The summed E-state index contributed by atoms with van der Waals surface area (Å²) in [6.45, 7) is 0.703. The normalized spacial score (nSPS) is 18.2. The first-order valence-electron chi connectivity index (χ1n) is 9.57. The number of methoxy groups -OCH3 is 1. The van der Waals surface area contributed by atoms with Crippen molar-refractivity contribution >= 4 is 21.6 Å². The molecule has 1 aromatic heterocycles. The van der Waals surface area contributed by atoms with E-state index in [-0.39, 0.29) is 22.3 Å². The number of sulfonamides is 1. The molecule has 12 heteroatoms. The lowest BCUT2D eigenvalue weighted by Crippen LogP contribution is -2.45. The highest BCUT2D eigenvalue weighted by molar-refractivity contribution is 7.89. The summed E-state index contributed by atoms with van der Waals surface area (Å²) in [6, 6.07) is 5.90. The molecule has 2 aromatic rings. The maximum Gasteiger partial charge on any atom is 0.435 e. The molecule has 1 unspecified atom stereocenters. The highest BCUT2D eigenvalue weighted by Crippen LogP contribution is 2.29. The molecule has 31 heavy (non-hydrogen) atoms. The SMILES string of the molecule is COCC1CCCCN1S(=O)(=O)c1ccc(NC(=O)c2cc(C(F)(F)F)nn2C)cc1. The third-order valence-corrected chi connectivity index (χ3v) is 7.02. The number of carbonyl (C=O) groups excluding carboxylic acids is 1. The Morgan fingerprint density at radius 1 is 1.26 bits per heavy atom. The molecule has 1 N–H and O–H groups in total. The van der Waals surface area contributed by atoms with E-state index in [4.69, 9.17) is 4.74 Å². The van der Waals surface area contributed by atoms with E-state index in [1.54, 1.807) is 0 Å². The summed E-state index contributed by atoms with van der Waals surface area (Å²) in [5.41, 5.74) is -1.21. The van der Waals surface area contributed by atoms with Gasteiger partial charge >= 0.3 is 6.18 Å². The van der Waals surface area contributed by atoms with Gasteiger partial charge in [-0.25, -0.2) is 8.42 Å². The molecule has 0 aliphatic carbocycles. The molecule has 1 aliphatic heterocycles. The minimum atomic E-state index is -4.67. The van der Waals surface area contributed by atoms with Crippen molar-refractivity contribution in [1.82, 2.24) is 14.1 Å². The minimum Gasteiger partial charge on any atom is -0.383 e. The van der Waals surface area contributed by atoms with Gasteiger partial charge in [0.1, 0.15) is 5.69 Å². The second-order valence-corrected chi connectivity index (χ2v) is 9.13. The number of piperidine rings is 1. The standard InChI is InChI=1S/C19H23F3N4O4S/c1-25-16(11-17(24-25)19(20,21)22)18(27)23-13-6-8-15(9-7-13)31(28,29)26-10-4-3-5-14(26)12-30-2/h6-9,11,14H,3-5,10,12H2,1-2H3,(H,23,27). The summed E-state index contributed by atoms with van der Waals surface area (Å²) < 4.78 is 71.8. The monoisotopic (exact) mass is 460 g/mol. The molecule has 0 bridgehead atoms. The van der Waals surface area contributed by atoms with Crippen molar-refractivity contribution in [2.45, 2.75) is 36.4 Å². The van der Waals surface area contributed by atoms with Crippen LogP contribution in [0.2, 0.25) is 0 Å². The predicted molar refractivity (Wildman–Crippen MR) is 106 cm³/mol. The van der Waals surface area contributed by atoms with Crippen molar-refractivity contribution in [3.63, 3.8) is 0 Å². The van der Waals surface area contributed by atoms with E-state index >= 15 is 0 Å². The van der Waals surface area contributed by atoms with Crippen LogP contribution in [-0.2, 0) is 28.0 Å². The van der Waals surface area contributed by atoms with Crippen LogP contribution < -0.4 is 5.32 Å². The topological polar surface area (TPSA) is 93.5 Å². The molecule has 170 valence electrons. The fraction of sp³-hybridized carbons (Fsp3) is 0.474. The quantitative estimate of drug-likeness (QED) is 0.716. The number of hydrogen-bond donors (Lipinski definition) is 1. The van der Waals surface area contributed by atoms with E-state index in [9.17, 15) is 26.4 Å². The van der Waals surface area contributed by atoms with Gasteiger partial charge in [-0.1, -0.05) is 6.42 Å². The number of nitrogens with zero attached hydrogens (tertiary/aromatic N) is 3. The Kier molecular flexibility index (Phi) is 6.72. The summed E-state index contributed by atoms with van der Waals surface area (Å²) in [7, 11) is -0.993. The first-order valence-corrected chi connectivity index (χ1v) is 11.0. The van der Waals surface area contributed by atoms with Gasteiger partial charge in [0.05, 0.1) is 11.5 Å². The molecule has 0 spiro atoms. The second-order valence-electron chi connectivity index (χ2n) is 7.24. The molecule has 1 aromatic carbocycles. The van der Waals surface area contributed by atoms with Crippen LogP contribution in [0.15, 0.2) is 35.2 Å². The Morgan fingerprint density at radius 3 is 2.52 bits per heavy atom. The fourth-order valence-electron chi connectivity index (χ4n) is 3.51. The molecule has 1 aliphatic rings.